The number of aryl methyl sites for hydroxylation is 1. The third-order valence-corrected chi connectivity index (χ3v) is 4.86. The molecule has 0 atom stereocenters. The second-order valence-electron chi connectivity index (χ2n) is 6.84. The number of ether oxygens (including phenoxy) is 1. The molecule has 0 spiro atoms. The summed E-state index contributed by atoms with van der Waals surface area (Å²) in [5.74, 6) is 0.914. The summed E-state index contributed by atoms with van der Waals surface area (Å²) >= 11 is 0. The summed E-state index contributed by atoms with van der Waals surface area (Å²) in [5, 5.41) is 19.2. The molecule has 0 heterocycles. The Morgan fingerprint density at radius 3 is 2.12 bits per heavy atom. The molecule has 138 valence electrons. The number of unbranched alkanes of at least 4 members (excludes halogenated alkanes) is 4. The number of aliphatic hydroxyl groups is 2. The van der Waals surface area contributed by atoms with Gasteiger partial charge >= 0.3 is 0 Å². The molecule has 1 aromatic carbocycles. The van der Waals surface area contributed by atoms with Crippen molar-refractivity contribution in [2.24, 2.45) is 0 Å². The Morgan fingerprint density at radius 2 is 1.58 bits per heavy atom. The molecule has 24 heavy (non-hydrogen) atoms. The summed E-state index contributed by atoms with van der Waals surface area (Å²) < 4.78 is 5.78. The van der Waals surface area contributed by atoms with E-state index < -0.39 is 5.54 Å². The number of hydrogen-bond acceptors (Lipinski definition) is 4. The molecule has 0 aromatic heterocycles. The lowest BCUT2D eigenvalue weighted by molar-refractivity contribution is 0.0107. The molecular weight excluding hydrogens is 302 g/mol. The van der Waals surface area contributed by atoms with Crippen molar-refractivity contribution in [3.05, 3.63) is 29.8 Å². The van der Waals surface area contributed by atoms with Crippen LogP contribution in [0.3, 0.4) is 0 Å². The summed E-state index contributed by atoms with van der Waals surface area (Å²) in [5.41, 5.74) is 0.631. The van der Waals surface area contributed by atoms with Crippen molar-refractivity contribution in [1.29, 1.82) is 0 Å². The highest BCUT2D eigenvalue weighted by Crippen LogP contribution is 2.21. The van der Waals surface area contributed by atoms with E-state index in [1.165, 1.54) is 31.2 Å². The van der Waals surface area contributed by atoms with Crippen LogP contribution in [0.4, 0.5) is 0 Å². The Bertz CT molecular complexity index is 427. The van der Waals surface area contributed by atoms with Crippen LogP contribution < -0.4 is 4.74 Å². The zero-order chi connectivity index (χ0) is 17.8. The van der Waals surface area contributed by atoms with E-state index in [-0.39, 0.29) is 13.2 Å². The topological polar surface area (TPSA) is 52.9 Å². The summed E-state index contributed by atoms with van der Waals surface area (Å²) in [4.78, 5) is 1.91. The van der Waals surface area contributed by atoms with Gasteiger partial charge in [0, 0.05) is 0 Å². The van der Waals surface area contributed by atoms with Gasteiger partial charge in [-0.25, -0.2) is 0 Å². The Balaban J connectivity index is 2.39. The number of aliphatic hydroxyl groups excluding tert-OH is 2. The molecule has 0 bridgehead atoms. The smallest absolute Gasteiger partial charge is 0.119 e. The van der Waals surface area contributed by atoms with Crippen LogP contribution >= 0.6 is 0 Å². The zero-order valence-electron chi connectivity index (χ0n) is 15.6. The number of nitrogens with zero attached hydrogens (tertiary/aromatic N) is 1. The van der Waals surface area contributed by atoms with Gasteiger partial charge in [-0.1, -0.05) is 44.7 Å². The van der Waals surface area contributed by atoms with Crippen LogP contribution in [-0.2, 0) is 6.42 Å². The molecule has 2 N–H and O–H groups in total. The van der Waals surface area contributed by atoms with E-state index in [1.54, 1.807) is 0 Å². The fourth-order valence-electron chi connectivity index (χ4n) is 2.74. The van der Waals surface area contributed by atoms with Gasteiger partial charge in [-0.3, -0.25) is 4.90 Å². The lowest BCUT2D eigenvalue weighted by Gasteiger charge is -2.36. The van der Waals surface area contributed by atoms with Crippen molar-refractivity contribution in [1.82, 2.24) is 4.90 Å². The summed E-state index contributed by atoms with van der Waals surface area (Å²) in [6.07, 6.45) is 7.75. The first kappa shape index (κ1) is 20.9. The second-order valence-corrected chi connectivity index (χ2v) is 6.84. The normalized spacial score (nSPS) is 11.9. The monoisotopic (exact) mass is 337 g/mol. The maximum Gasteiger partial charge on any atom is 0.119 e. The van der Waals surface area contributed by atoms with Crippen LogP contribution in [0.5, 0.6) is 5.75 Å². The molecule has 0 unspecified atom stereocenters. The first-order valence-corrected chi connectivity index (χ1v) is 9.19. The molecule has 0 amide bonds. The van der Waals surface area contributed by atoms with Crippen molar-refractivity contribution in [3.8, 4) is 5.75 Å². The lowest BCUT2D eigenvalue weighted by Crippen LogP contribution is -2.51. The third kappa shape index (κ3) is 6.80. The Kier molecular flexibility index (Phi) is 9.99. The van der Waals surface area contributed by atoms with Crippen LogP contribution in [0.25, 0.3) is 0 Å². The highest BCUT2D eigenvalue weighted by Gasteiger charge is 2.30. The number of hydrogen-bond donors (Lipinski definition) is 2. The van der Waals surface area contributed by atoms with Crippen LogP contribution in [0, 0.1) is 0 Å². The Hall–Kier alpha value is -1.10. The van der Waals surface area contributed by atoms with Gasteiger partial charge in [-0.15, -0.1) is 0 Å². The molecule has 4 heteroatoms. The van der Waals surface area contributed by atoms with Gasteiger partial charge in [0.15, 0.2) is 0 Å². The van der Waals surface area contributed by atoms with E-state index in [2.05, 4.69) is 19.1 Å². The second kappa shape index (κ2) is 11.5. The molecule has 4 nitrogen and oxygen atoms in total. The molecule has 0 saturated carbocycles. The van der Waals surface area contributed by atoms with E-state index in [9.17, 15) is 10.2 Å². The van der Waals surface area contributed by atoms with Crippen LogP contribution in [-0.4, -0.2) is 54.6 Å². The largest absolute Gasteiger partial charge is 0.494 e. The maximum absolute atomic E-state index is 9.62. The SMILES string of the molecule is CCCCCCCOc1ccc(CCC(CO)(CO)N(C)C)cc1. The number of rotatable bonds is 13. The first-order chi connectivity index (χ1) is 11.6. The van der Waals surface area contributed by atoms with Crippen molar-refractivity contribution in [2.45, 2.75) is 57.4 Å². The van der Waals surface area contributed by atoms with E-state index >= 15 is 0 Å². The quantitative estimate of drug-likeness (QED) is 0.543. The summed E-state index contributed by atoms with van der Waals surface area (Å²) in [7, 11) is 3.79. The average Bonchev–Trinajstić information content (AvgIpc) is 2.60. The highest BCUT2D eigenvalue weighted by molar-refractivity contribution is 5.27. The van der Waals surface area contributed by atoms with E-state index in [4.69, 9.17) is 4.74 Å². The Labute approximate surface area is 147 Å². The average molecular weight is 338 g/mol. The number of likely N-dealkylation sites (N-methyl/N-ethyl adjacent to an activating group) is 1. The minimum Gasteiger partial charge on any atom is -0.494 e. The molecule has 0 aliphatic heterocycles. The van der Waals surface area contributed by atoms with Gasteiger partial charge in [0.1, 0.15) is 5.75 Å². The molecule has 0 fully saturated rings. The van der Waals surface area contributed by atoms with Gasteiger partial charge in [-0.2, -0.15) is 0 Å². The van der Waals surface area contributed by atoms with Gasteiger partial charge in [0.25, 0.3) is 0 Å². The van der Waals surface area contributed by atoms with Crippen molar-refractivity contribution in [2.75, 3.05) is 33.9 Å². The van der Waals surface area contributed by atoms with Crippen molar-refractivity contribution < 1.29 is 14.9 Å². The predicted octanol–water partition coefficient (Wildman–Crippen LogP) is 3.25. The molecule has 0 aliphatic carbocycles. The predicted molar refractivity (Wildman–Crippen MR) is 99.6 cm³/mol. The molecule has 0 saturated heterocycles. The van der Waals surface area contributed by atoms with E-state index in [0.717, 1.165) is 25.2 Å². The molecule has 0 radical (unpaired) electrons. The van der Waals surface area contributed by atoms with E-state index in [1.807, 2.05) is 31.1 Å². The fourth-order valence-corrected chi connectivity index (χ4v) is 2.74. The molecular formula is C20H35NO3. The first-order valence-electron chi connectivity index (χ1n) is 9.19. The van der Waals surface area contributed by atoms with Crippen molar-refractivity contribution >= 4 is 0 Å². The highest BCUT2D eigenvalue weighted by atomic mass is 16.5. The Morgan fingerprint density at radius 1 is 0.958 bits per heavy atom. The van der Waals surface area contributed by atoms with Gasteiger partial charge in [-0.05, 0) is 51.1 Å². The van der Waals surface area contributed by atoms with Crippen LogP contribution in [0.15, 0.2) is 24.3 Å². The minimum absolute atomic E-state index is 0.0459. The third-order valence-electron chi connectivity index (χ3n) is 4.86. The summed E-state index contributed by atoms with van der Waals surface area (Å²) in [6, 6.07) is 8.16. The fraction of sp³-hybridized carbons (Fsp3) is 0.700. The summed E-state index contributed by atoms with van der Waals surface area (Å²) in [6.45, 7) is 2.91. The molecule has 1 aromatic rings. The van der Waals surface area contributed by atoms with Crippen molar-refractivity contribution in [3.63, 3.8) is 0 Å². The van der Waals surface area contributed by atoms with Crippen LogP contribution in [0.2, 0.25) is 0 Å². The van der Waals surface area contributed by atoms with Crippen LogP contribution in [0.1, 0.15) is 51.0 Å². The lowest BCUT2D eigenvalue weighted by atomic mass is 9.91. The maximum atomic E-state index is 9.62. The number of benzene rings is 1. The minimum atomic E-state index is -0.562. The van der Waals surface area contributed by atoms with E-state index in [0.29, 0.717) is 6.42 Å². The zero-order valence-corrected chi connectivity index (χ0v) is 15.6. The molecule has 0 aliphatic rings. The van der Waals surface area contributed by atoms with Gasteiger partial charge < -0.3 is 14.9 Å². The molecule has 1 rings (SSSR count). The standard InChI is InChI=1S/C20H35NO3/c1-4-5-6-7-8-15-24-19-11-9-18(10-12-19)13-14-20(16-22,17-23)21(2)3/h9-12,22-23H,4-8,13-17H2,1-3H3. The van der Waals surface area contributed by atoms with Gasteiger partial charge in [0.2, 0.25) is 0 Å². The van der Waals surface area contributed by atoms with Gasteiger partial charge in [0.05, 0.1) is 25.4 Å².